The molecule has 0 spiro atoms. The summed E-state index contributed by atoms with van der Waals surface area (Å²) in [6.07, 6.45) is 0.621. The van der Waals surface area contributed by atoms with E-state index >= 15 is 0 Å². The second-order valence-corrected chi connectivity index (χ2v) is 7.09. The van der Waals surface area contributed by atoms with Crippen LogP contribution in [-0.2, 0) is 0 Å². The van der Waals surface area contributed by atoms with Gasteiger partial charge in [-0.25, -0.2) is 4.98 Å². The molecule has 4 nitrogen and oxygen atoms in total. The van der Waals surface area contributed by atoms with Crippen molar-refractivity contribution in [2.75, 3.05) is 18.5 Å². The monoisotopic (exact) mass is 432 g/mol. The van der Waals surface area contributed by atoms with Crippen molar-refractivity contribution >= 4 is 33.3 Å². The van der Waals surface area contributed by atoms with Crippen LogP contribution >= 0.6 is 27.5 Å². The summed E-state index contributed by atoms with van der Waals surface area (Å²) in [5.74, 6) is 0.809. The Bertz CT molecular complexity index is 918. The average Bonchev–Trinajstić information content (AvgIpc) is 2.64. The first-order valence-electron chi connectivity index (χ1n) is 8.19. The fourth-order valence-electron chi connectivity index (χ4n) is 2.62. The second-order valence-electron chi connectivity index (χ2n) is 5.77. The number of nitrogens with one attached hydrogen (secondary N) is 1. The van der Waals surface area contributed by atoms with Gasteiger partial charge in [-0.3, -0.25) is 0 Å². The highest BCUT2D eigenvalue weighted by atomic mass is 79.9. The topological polar surface area (TPSA) is 65.4 Å². The maximum Gasteiger partial charge on any atom is 0.127 e. The van der Waals surface area contributed by atoms with Crippen LogP contribution in [0.5, 0.6) is 5.75 Å². The standard InChI is InChI=1S/C20H18BrClN2O2/c21-14-6-7-19(26)16(12-14)18-10-13(15-4-1-2-5-17(15)22)11-20(24-18)23-8-3-9-25/h1-2,4-7,10-12,25-26H,3,8-9H2,(H,23,24). The van der Waals surface area contributed by atoms with Gasteiger partial charge >= 0.3 is 0 Å². The van der Waals surface area contributed by atoms with Crippen LogP contribution < -0.4 is 5.32 Å². The molecule has 0 saturated heterocycles. The van der Waals surface area contributed by atoms with Crippen LogP contribution in [-0.4, -0.2) is 28.3 Å². The lowest BCUT2D eigenvalue weighted by Crippen LogP contribution is -2.05. The highest BCUT2D eigenvalue weighted by Crippen LogP contribution is 2.36. The summed E-state index contributed by atoms with van der Waals surface area (Å²) < 4.78 is 0.852. The molecule has 1 aromatic heterocycles. The number of phenols is 1. The number of phenolic OH excluding ortho intramolecular Hbond substituents is 1. The van der Waals surface area contributed by atoms with Gasteiger partial charge in [0.2, 0.25) is 0 Å². The lowest BCUT2D eigenvalue weighted by atomic mass is 10.0. The van der Waals surface area contributed by atoms with Crippen molar-refractivity contribution < 1.29 is 10.2 Å². The Morgan fingerprint density at radius 1 is 1.04 bits per heavy atom. The van der Waals surface area contributed by atoms with E-state index in [0.29, 0.717) is 35.1 Å². The SMILES string of the molecule is OCCCNc1cc(-c2ccccc2Cl)cc(-c2cc(Br)ccc2O)n1. The van der Waals surface area contributed by atoms with Gasteiger partial charge in [-0.05, 0) is 48.4 Å². The molecule has 0 saturated carbocycles. The normalized spacial score (nSPS) is 10.7. The minimum atomic E-state index is 0.108. The Morgan fingerprint density at radius 2 is 1.85 bits per heavy atom. The van der Waals surface area contributed by atoms with Crippen LogP contribution in [0.15, 0.2) is 59.1 Å². The summed E-state index contributed by atoms with van der Waals surface area (Å²) in [6, 6.07) is 16.6. The third-order valence-electron chi connectivity index (χ3n) is 3.89. The summed E-state index contributed by atoms with van der Waals surface area (Å²) >= 11 is 9.80. The van der Waals surface area contributed by atoms with Gasteiger partial charge in [-0.15, -0.1) is 0 Å². The van der Waals surface area contributed by atoms with Gasteiger partial charge in [0.25, 0.3) is 0 Å². The number of aromatic hydroxyl groups is 1. The molecular weight excluding hydrogens is 416 g/mol. The maximum absolute atomic E-state index is 10.3. The molecule has 0 amide bonds. The summed E-state index contributed by atoms with van der Waals surface area (Å²) in [5.41, 5.74) is 3.04. The number of hydrogen-bond donors (Lipinski definition) is 3. The third-order valence-corrected chi connectivity index (χ3v) is 4.71. The Kier molecular flexibility index (Phi) is 6.14. The van der Waals surface area contributed by atoms with Gasteiger partial charge in [0.05, 0.1) is 5.69 Å². The third kappa shape index (κ3) is 4.36. The smallest absolute Gasteiger partial charge is 0.127 e. The average molecular weight is 434 g/mol. The van der Waals surface area contributed by atoms with Crippen molar-refractivity contribution in [3.63, 3.8) is 0 Å². The summed E-state index contributed by atoms with van der Waals surface area (Å²) in [4.78, 5) is 4.62. The minimum absolute atomic E-state index is 0.108. The number of rotatable bonds is 6. The Balaban J connectivity index is 2.11. The number of hydrogen-bond acceptors (Lipinski definition) is 4. The van der Waals surface area contributed by atoms with Crippen molar-refractivity contribution in [2.45, 2.75) is 6.42 Å². The first kappa shape index (κ1) is 18.7. The number of benzene rings is 2. The Labute approximate surface area is 165 Å². The molecule has 0 fully saturated rings. The zero-order chi connectivity index (χ0) is 18.5. The molecule has 2 aromatic carbocycles. The molecule has 0 radical (unpaired) electrons. The highest BCUT2D eigenvalue weighted by molar-refractivity contribution is 9.10. The molecule has 134 valence electrons. The lowest BCUT2D eigenvalue weighted by Gasteiger charge is -2.13. The zero-order valence-electron chi connectivity index (χ0n) is 13.9. The first-order chi connectivity index (χ1) is 12.6. The molecular formula is C20H18BrClN2O2. The van der Waals surface area contributed by atoms with Gasteiger partial charge in [0, 0.05) is 33.8 Å². The van der Waals surface area contributed by atoms with Gasteiger partial charge in [0.1, 0.15) is 11.6 Å². The maximum atomic E-state index is 10.3. The van der Waals surface area contributed by atoms with Crippen LogP contribution in [0.2, 0.25) is 5.02 Å². The number of anilines is 1. The minimum Gasteiger partial charge on any atom is -0.507 e. The molecule has 0 bridgehead atoms. The van der Waals surface area contributed by atoms with Crippen LogP contribution in [0.25, 0.3) is 22.4 Å². The quantitative estimate of drug-likeness (QED) is 0.460. The number of halogens is 2. The van der Waals surface area contributed by atoms with E-state index in [0.717, 1.165) is 15.6 Å². The second kappa shape index (κ2) is 8.54. The fraction of sp³-hybridized carbons (Fsp3) is 0.150. The summed E-state index contributed by atoms with van der Waals surface area (Å²) in [5, 5.41) is 23.1. The van der Waals surface area contributed by atoms with Crippen molar-refractivity contribution in [3.05, 3.63) is 64.1 Å². The molecule has 6 heteroatoms. The van der Waals surface area contributed by atoms with Crippen LogP contribution in [0.1, 0.15) is 6.42 Å². The lowest BCUT2D eigenvalue weighted by molar-refractivity contribution is 0.292. The molecule has 26 heavy (non-hydrogen) atoms. The van der Waals surface area contributed by atoms with Gasteiger partial charge in [0.15, 0.2) is 0 Å². The van der Waals surface area contributed by atoms with Gasteiger partial charge in [-0.2, -0.15) is 0 Å². The number of aromatic nitrogens is 1. The highest BCUT2D eigenvalue weighted by Gasteiger charge is 2.12. The summed E-state index contributed by atoms with van der Waals surface area (Å²) in [7, 11) is 0. The number of nitrogens with zero attached hydrogens (tertiary/aromatic N) is 1. The first-order valence-corrected chi connectivity index (χ1v) is 9.36. The molecule has 0 unspecified atom stereocenters. The molecule has 3 N–H and O–H groups in total. The molecule has 3 rings (SSSR count). The van der Waals surface area contributed by atoms with E-state index in [1.807, 2.05) is 42.5 Å². The van der Waals surface area contributed by atoms with Crippen molar-refractivity contribution in [3.8, 4) is 28.1 Å². The number of pyridine rings is 1. The molecule has 0 aliphatic rings. The zero-order valence-corrected chi connectivity index (χ0v) is 16.3. The van der Waals surface area contributed by atoms with E-state index in [4.69, 9.17) is 16.7 Å². The van der Waals surface area contributed by atoms with Crippen LogP contribution in [0.3, 0.4) is 0 Å². The van der Waals surface area contributed by atoms with Gasteiger partial charge in [-0.1, -0.05) is 45.7 Å². The Hall–Kier alpha value is -2.08. The molecule has 1 heterocycles. The Morgan fingerprint density at radius 3 is 2.62 bits per heavy atom. The van der Waals surface area contributed by atoms with Gasteiger partial charge < -0.3 is 15.5 Å². The number of aliphatic hydroxyl groups excluding tert-OH is 1. The fourth-order valence-corrected chi connectivity index (χ4v) is 3.22. The molecule has 0 aliphatic carbocycles. The summed E-state index contributed by atoms with van der Waals surface area (Å²) in [6.45, 7) is 0.704. The van der Waals surface area contributed by atoms with E-state index in [1.165, 1.54) is 0 Å². The largest absolute Gasteiger partial charge is 0.507 e. The number of aliphatic hydroxyl groups is 1. The van der Waals surface area contributed by atoms with E-state index < -0.39 is 0 Å². The molecule has 3 aromatic rings. The molecule has 0 aliphatic heterocycles. The predicted octanol–water partition coefficient (Wildman–Crippen LogP) is 5.33. The molecule has 0 atom stereocenters. The van der Waals surface area contributed by atoms with E-state index in [9.17, 15) is 5.11 Å². The predicted molar refractivity (Wildman–Crippen MR) is 110 cm³/mol. The van der Waals surface area contributed by atoms with E-state index in [-0.39, 0.29) is 12.4 Å². The van der Waals surface area contributed by atoms with Crippen molar-refractivity contribution in [2.24, 2.45) is 0 Å². The van der Waals surface area contributed by atoms with Crippen LogP contribution in [0.4, 0.5) is 5.82 Å². The van der Waals surface area contributed by atoms with Crippen molar-refractivity contribution in [1.29, 1.82) is 0 Å². The van der Waals surface area contributed by atoms with Crippen molar-refractivity contribution in [1.82, 2.24) is 4.98 Å². The van der Waals surface area contributed by atoms with E-state index in [2.05, 4.69) is 26.2 Å². The van der Waals surface area contributed by atoms with E-state index in [1.54, 1.807) is 12.1 Å². The van der Waals surface area contributed by atoms with Crippen LogP contribution in [0, 0.1) is 0 Å².